The van der Waals surface area contributed by atoms with Crippen molar-refractivity contribution in [1.82, 2.24) is 4.31 Å². The van der Waals surface area contributed by atoms with Gasteiger partial charge in [-0.1, -0.05) is 13.3 Å². The maximum absolute atomic E-state index is 11.9. The molecular formula is C10H21NO5S. The molecule has 1 atom stereocenters. The van der Waals surface area contributed by atoms with Crippen LogP contribution in [0.1, 0.15) is 33.1 Å². The first-order chi connectivity index (χ1) is 7.79. The van der Waals surface area contributed by atoms with E-state index in [9.17, 15) is 18.3 Å². The van der Waals surface area contributed by atoms with Crippen LogP contribution in [-0.2, 0) is 14.8 Å². The number of hydrogen-bond donors (Lipinski definition) is 2. The Morgan fingerprint density at radius 2 is 2.00 bits per heavy atom. The Morgan fingerprint density at radius 3 is 2.41 bits per heavy atom. The summed E-state index contributed by atoms with van der Waals surface area (Å²) in [6, 6.07) is 0. The number of aliphatic carboxylic acids is 1. The quantitative estimate of drug-likeness (QED) is 0.625. The van der Waals surface area contributed by atoms with Crippen molar-refractivity contribution in [3.8, 4) is 0 Å². The molecule has 17 heavy (non-hydrogen) atoms. The topological polar surface area (TPSA) is 94.9 Å². The van der Waals surface area contributed by atoms with Gasteiger partial charge in [0.05, 0.1) is 18.3 Å². The van der Waals surface area contributed by atoms with Crippen LogP contribution in [0.2, 0.25) is 0 Å². The van der Waals surface area contributed by atoms with Crippen LogP contribution in [-0.4, -0.2) is 53.9 Å². The number of unbranched alkanes of at least 4 members (excludes halogenated alkanes) is 1. The summed E-state index contributed by atoms with van der Waals surface area (Å²) in [5, 5.41) is 17.8. The van der Waals surface area contributed by atoms with E-state index in [2.05, 4.69) is 0 Å². The summed E-state index contributed by atoms with van der Waals surface area (Å²) in [7, 11) is -3.47. The molecule has 0 saturated carbocycles. The molecule has 0 aliphatic rings. The number of aliphatic hydroxyl groups is 1. The molecule has 0 fully saturated rings. The summed E-state index contributed by atoms with van der Waals surface area (Å²) in [6.45, 7) is 3.21. The van der Waals surface area contributed by atoms with E-state index in [1.165, 1.54) is 6.92 Å². The number of carboxylic acid groups (broad SMARTS) is 1. The van der Waals surface area contributed by atoms with Crippen molar-refractivity contribution in [2.75, 3.05) is 18.8 Å². The highest BCUT2D eigenvalue weighted by molar-refractivity contribution is 7.89. The Morgan fingerprint density at radius 1 is 1.41 bits per heavy atom. The van der Waals surface area contributed by atoms with Crippen LogP contribution in [0.15, 0.2) is 0 Å². The minimum absolute atomic E-state index is 0.00413. The van der Waals surface area contributed by atoms with Crippen molar-refractivity contribution in [1.29, 1.82) is 0 Å². The largest absolute Gasteiger partial charge is 0.481 e. The Balaban J connectivity index is 4.59. The van der Waals surface area contributed by atoms with Crippen molar-refractivity contribution in [2.24, 2.45) is 0 Å². The van der Waals surface area contributed by atoms with Gasteiger partial charge in [-0.05, 0) is 13.3 Å². The van der Waals surface area contributed by atoms with Gasteiger partial charge in [0, 0.05) is 13.1 Å². The SMILES string of the molecule is CCCCS(=O)(=O)N(CCC(=O)O)CC(C)O. The highest BCUT2D eigenvalue weighted by atomic mass is 32.2. The van der Waals surface area contributed by atoms with Gasteiger partial charge in [-0.2, -0.15) is 4.31 Å². The van der Waals surface area contributed by atoms with Crippen LogP contribution in [0.3, 0.4) is 0 Å². The lowest BCUT2D eigenvalue weighted by Gasteiger charge is -2.22. The van der Waals surface area contributed by atoms with Gasteiger partial charge in [-0.3, -0.25) is 4.79 Å². The molecule has 1 unspecified atom stereocenters. The van der Waals surface area contributed by atoms with Gasteiger partial charge in [-0.25, -0.2) is 8.42 Å². The van der Waals surface area contributed by atoms with E-state index in [0.29, 0.717) is 6.42 Å². The maximum Gasteiger partial charge on any atom is 0.304 e. The van der Waals surface area contributed by atoms with Gasteiger partial charge in [0.1, 0.15) is 0 Å². The molecule has 0 heterocycles. The third-order valence-electron chi connectivity index (χ3n) is 2.19. The fourth-order valence-corrected chi connectivity index (χ4v) is 3.04. The lowest BCUT2D eigenvalue weighted by molar-refractivity contribution is -0.137. The number of nitrogens with zero attached hydrogens (tertiary/aromatic N) is 1. The van der Waals surface area contributed by atoms with Crippen molar-refractivity contribution >= 4 is 16.0 Å². The summed E-state index contributed by atoms with van der Waals surface area (Å²) in [6.07, 6.45) is 0.227. The van der Waals surface area contributed by atoms with Crippen molar-refractivity contribution < 1.29 is 23.4 Å². The molecule has 6 nitrogen and oxygen atoms in total. The van der Waals surface area contributed by atoms with Crippen LogP contribution in [0.4, 0.5) is 0 Å². The summed E-state index contributed by atoms with van der Waals surface area (Å²) in [4.78, 5) is 10.4. The molecule has 102 valence electrons. The van der Waals surface area contributed by atoms with Crippen molar-refractivity contribution in [3.05, 3.63) is 0 Å². The summed E-state index contributed by atoms with van der Waals surface area (Å²) < 4.78 is 24.8. The average Bonchev–Trinajstić information content (AvgIpc) is 2.20. The van der Waals surface area contributed by atoms with Crippen LogP contribution in [0.25, 0.3) is 0 Å². The lowest BCUT2D eigenvalue weighted by Crippen LogP contribution is -2.39. The zero-order valence-corrected chi connectivity index (χ0v) is 11.1. The van der Waals surface area contributed by atoms with Crippen LogP contribution >= 0.6 is 0 Å². The molecule has 7 heteroatoms. The van der Waals surface area contributed by atoms with E-state index in [-0.39, 0.29) is 25.3 Å². The minimum Gasteiger partial charge on any atom is -0.481 e. The number of sulfonamides is 1. The maximum atomic E-state index is 11.9. The number of carboxylic acids is 1. The summed E-state index contributed by atoms with van der Waals surface area (Å²) >= 11 is 0. The summed E-state index contributed by atoms with van der Waals surface area (Å²) in [5.74, 6) is -1.05. The van der Waals surface area contributed by atoms with Crippen LogP contribution < -0.4 is 0 Å². The van der Waals surface area contributed by atoms with Crippen molar-refractivity contribution in [2.45, 2.75) is 39.2 Å². The second-order valence-electron chi connectivity index (χ2n) is 4.02. The Labute approximate surface area is 102 Å². The molecule has 0 amide bonds. The minimum atomic E-state index is -3.47. The number of carbonyl (C=O) groups is 1. The molecule has 0 aromatic carbocycles. The normalized spacial score (nSPS) is 13.9. The van der Waals surface area contributed by atoms with E-state index in [1.807, 2.05) is 6.92 Å². The molecule has 2 N–H and O–H groups in total. The first kappa shape index (κ1) is 16.3. The fourth-order valence-electron chi connectivity index (χ4n) is 1.31. The zero-order valence-electron chi connectivity index (χ0n) is 10.3. The number of hydrogen-bond acceptors (Lipinski definition) is 4. The van der Waals surface area contributed by atoms with E-state index >= 15 is 0 Å². The van der Waals surface area contributed by atoms with Gasteiger partial charge < -0.3 is 10.2 Å². The van der Waals surface area contributed by atoms with Gasteiger partial charge in [0.25, 0.3) is 0 Å². The predicted octanol–water partition coefficient (Wildman–Crippen LogP) is 0.274. The monoisotopic (exact) mass is 267 g/mol. The molecule has 0 aromatic rings. The van der Waals surface area contributed by atoms with E-state index in [1.54, 1.807) is 0 Å². The Bertz CT molecular complexity index is 326. The van der Waals surface area contributed by atoms with Gasteiger partial charge in [0.2, 0.25) is 10.0 Å². The number of aliphatic hydroxyl groups excluding tert-OH is 1. The first-order valence-electron chi connectivity index (χ1n) is 5.67. The third kappa shape index (κ3) is 7.30. The molecule has 0 rings (SSSR count). The molecule has 0 aromatic heterocycles. The van der Waals surface area contributed by atoms with Crippen LogP contribution in [0.5, 0.6) is 0 Å². The van der Waals surface area contributed by atoms with Gasteiger partial charge in [0.15, 0.2) is 0 Å². The molecular weight excluding hydrogens is 246 g/mol. The Hall–Kier alpha value is -0.660. The Kier molecular flexibility index (Phi) is 7.33. The highest BCUT2D eigenvalue weighted by Crippen LogP contribution is 2.07. The molecule has 0 saturated heterocycles. The zero-order chi connectivity index (χ0) is 13.5. The molecule has 0 aliphatic heterocycles. The second-order valence-corrected chi connectivity index (χ2v) is 6.11. The lowest BCUT2D eigenvalue weighted by atomic mass is 10.4. The fraction of sp³-hybridized carbons (Fsp3) is 0.900. The van der Waals surface area contributed by atoms with Gasteiger partial charge >= 0.3 is 5.97 Å². The van der Waals surface area contributed by atoms with E-state index in [0.717, 1.165) is 10.7 Å². The average molecular weight is 267 g/mol. The molecule has 0 bridgehead atoms. The van der Waals surface area contributed by atoms with E-state index < -0.39 is 22.1 Å². The second kappa shape index (κ2) is 7.62. The summed E-state index contributed by atoms with van der Waals surface area (Å²) in [5.41, 5.74) is 0. The highest BCUT2D eigenvalue weighted by Gasteiger charge is 2.23. The smallest absolute Gasteiger partial charge is 0.304 e. The standard InChI is InChI=1S/C10H21NO5S/c1-3-4-7-17(15,16)11(8-9(2)12)6-5-10(13)14/h9,12H,3-8H2,1-2H3,(H,13,14). The molecule has 0 aliphatic carbocycles. The molecule has 0 radical (unpaired) electrons. The first-order valence-corrected chi connectivity index (χ1v) is 7.28. The molecule has 0 spiro atoms. The number of rotatable bonds is 9. The van der Waals surface area contributed by atoms with Gasteiger partial charge in [-0.15, -0.1) is 0 Å². The third-order valence-corrected chi connectivity index (χ3v) is 4.12. The predicted molar refractivity (Wildman–Crippen MR) is 64.2 cm³/mol. The van der Waals surface area contributed by atoms with E-state index in [4.69, 9.17) is 5.11 Å². The van der Waals surface area contributed by atoms with Crippen LogP contribution in [0, 0.1) is 0 Å². The van der Waals surface area contributed by atoms with Crippen molar-refractivity contribution in [3.63, 3.8) is 0 Å².